The van der Waals surface area contributed by atoms with E-state index in [1.54, 1.807) is 7.11 Å². The van der Waals surface area contributed by atoms with E-state index in [-0.39, 0.29) is 5.92 Å². The Morgan fingerprint density at radius 1 is 1.41 bits per heavy atom. The lowest BCUT2D eigenvalue weighted by atomic mass is 9.69. The molecular formula is C14H20O3. The Kier molecular flexibility index (Phi) is 4.70. The Morgan fingerprint density at radius 3 is 2.41 bits per heavy atom. The van der Waals surface area contributed by atoms with Gasteiger partial charge in [-0.15, -0.1) is 0 Å². The van der Waals surface area contributed by atoms with Crippen molar-refractivity contribution in [3.05, 3.63) is 35.9 Å². The zero-order valence-corrected chi connectivity index (χ0v) is 10.6. The third-order valence-electron chi connectivity index (χ3n) is 3.49. The number of hydrogen-bond acceptors (Lipinski definition) is 2. The van der Waals surface area contributed by atoms with E-state index in [2.05, 4.69) is 0 Å². The van der Waals surface area contributed by atoms with Gasteiger partial charge in [-0.3, -0.25) is 4.79 Å². The number of hydrogen-bond donors (Lipinski definition) is 1. The van der Waals surface area contributed by atoms with Crippen molar-refractivity contribution in [3.63, 3.8) is 0 Å². The van der Waals surface area contributed by atoms with Crippen molar-refractivity contribution in [2.24, 2.45) is 5.92 Å². The second-order valence-electron chi connectivity index (χ2n) is 4.35. The van der Waals surface area contributed by atoms with Crippen LogP contribution in [0.5, 0.6) is 0 Å². The predicted molar refractivity (Wildman–Crippen MR) is 67.1 cm³/mol. The molecular weight excluding hydrogens is 216 g/mol. The highest BCUT2D eigenvalue weighted by Gasteiger charge is 2.43. The van der Waals surface area contributed by atoms with E-state index in [1.165, 1.54) is 0 Å². The van der Waals surface area contributed by atoms with Gasteiger partial charge >= 0.3 is 5.97 Å². The number of rotatable bonds is 6. The first-order valence-electron chi connectivity index (χ1n) is 5.87. The predicted octanol–water partition coefficient (Wildman–Crippen LogP) is 2.70. The van der Waals surface area contributed by atoms with Crippen molar-refractivity contribution >= 4 is 5.97 Å². The highest BCUT2D eigenvalue weighted by atomic mass is 16.5. The molecule has 0 saturated carbocycles. The van der Waals surface area contributed by atoms with E-state index < -0.39 is 11.4 Å². The molecule has 1 rings (SSSR count). The molecule has 94 valence electrons. The molecule has 0 aliphatic rings. The molecule has 0 aliphatic heterocycles. The molecule has 0 heterocycles. The van der Waals surface area contributed by atoms with Gasteiger partial charge in [0, 0.05) is 7.11 Å². The number of methoxy groups -OCH3 is 1. The standard InChI is InChI=1S/C14H20O3/c1-4-14(13(15)16,11(2)10-17-3)12-8-6-5-7-9-12/h5-9,11H,4,10H2,1-3H3,(H,15,16). The molecule has 0 spiro atoms. The minimum Gasteiger partial charge on any atom is -0.481 e. The molecule has 0 aliphatic carbocycles. The molecule has 3 nitrogen and oxygen atoms in total. The van der Waals surface area contributed by atoms with Gasteiger partial charge in [-0.05, 0) is 17.9 Å². The van der Waals surface area contributed by atoms with Crippen LogP contribution in [-0.4, -0.2) is 24.8 Å². The molecule has 0 radical (unpaired) electrons. The molecule has 0 saturated heterocycles. The average Bonchev–Trinajstić information content (AvgIpc) is 2.32. The summed E-state index contributed by atoms with van der Waals surface area (Å²) in [6, 6.07) is 9.41. The van der Waals surface area contributed by atoms with Crippen LogP contribution >= 0.6 is 0 Å². The summed E-state index contributed by atoms with van der Waals surface area (Å²) >= 11 is 0. The van der Waals surface area contributed by atoms with Crippen molar-refractivity contribution in [2.45, 2.75) is 25.7 Å². The maximum atomic E-state index is 11.7. The van der Waals surface area contributed by atoms with Gasteiger partial charge in [0.05, 0.1) is 12.0 Å². The summed E-state index contributed by atoms with van der Waals surface area (Å²) in [5.74, 6) is -0.854. The zero-order valence-electron chi connectivity index (χ0n) is 10.6. The number of aliphatic carboxylic acids is 1. The van der Waals surface area contributed by atoms with Crippen molar-refractivity contribution < 1.29 is 14.6 Å². The van der Waals surface area contributed by atoms with Crippen LogP contribution in [-0.2, 0) is 14.9 Å². The molecule has 0 bridgehead atoms. The summed E-state index contributed by atoms with van der Waals surface area (Å²) in [6.45, 7) is 4.27. The highest BCUT2D eigenvalue weighted by Crippen LogP contribution is 2.36. The first-order valence-corrected chi connectivity index (χ1v) is 5.87. The molecule has 1 N–H and O–H groups in total. The number of carboxylic acids is 1. The fourth-order valence-corrected chi connectivity index (χ4v) is 2.45. The quantitative estimate of drug-likeness (QED) is 0.826. The Balaban J connectivity index is 3.23. The first kappa shape index (κ1) is 13.7. The van der Waals surface area contributed by atoms with Crippen LogP contribution in [0.15, 0.2) is 30.3 Å². The number of carboxylic acid groups (broad SMARTS) is 1. The minimum atomic E-state index is -0.864. The van der Waals surface area contributed by atoms with Crippen LogP contribution in [0.25, 0.3) is 0 Å². The lowest BCUT2D eigenvalue weighted by Gasteiger charge is -2.34. The second-order valence-corrected chi connectivity index (χ2v) is 4.35. The third kappa shape index (κ3) is 2.50. The zero-order chi connectivity index (χ0) is 12.9. The maximum Gasteiger partial charge on any atom is 0.314 e. The Bertz CT molecular complexity index is 361. The van der Waals surface area contributed by atoms with Gasteiger partial charge in [-0.25, -0.2) is 0 Å². The fraction of sp³-hybridized carbons (Fsp3) is 0.500. The van der Waals surface area contributed by atoms with Gasteiger partial charge in [0.1, 0.15) is 0 Å². The molecule has 2 atom stereocenters. The van der Waals surface area contributed by atoms with Crippen LogP contribution < -0.4 is 0 Å². The van der Waals surface area contributed by atoms with Crippen molar-refractivity contribution in [3.8, 4) is 0 Å². The molecule has 1 aromatic carbocycles. The number of benzene rings is 1. The fourth-order valence-electron chi connectivity index (χ4n) is 2.45. The summed E-state index contributed by atoms with van der Waals surface area (Å²) in [5.41, 5.74) is -0.0170. The average molecular weight is 236 g/mol. The van der Waals surface area contributed by atoms with Gasteiger partial charge in [0.15, 0.2) is 0 Å². The number of carbonyl (C=O) groups is 1. The largest absolute Gasteiger partial charge is 0.481 e. The molecule has 17 heavy (non-hydrogen) atoms. The molecule has 0 fully saturated rings. The summed E-state index contributed by atoms with van der Waals surface area (Å²) in [7, 11) is 1.60. The van der Waals surface area contributed by atoms with Gasteiger partial charge in [0.25, 0.3) is 0 Å². The van der Waals surface area contributed by atoms with Crippen LogP contribution in [0.1, 0.15) is 25.8 Å². The van der Waals surface area contributed by atoms with E-state index in [9.17, 15) is 9.90 Å². The minimum absolute atomic E-state index is 0.0719. The summed E-state index contributed by atoms with van der Waals surface area (Å²) in [6.07, 6.45) is 0.552. The number of ether oxygens (including phenoxy) is 1. The van der Waals surface area contributed by atoms with Gasteiger partial charge in [-0.2, -0.15) is 0 Å². The van der Waals surface area contributed by atoms with Gasteiger partial charge < -0.3 is 9.84 Å². The lowest BCUT2D eigenvalue weighted by Crippen LogP contribution is -2.43. The van der Waals surface area contributed by atoms with Crippen LogP contribution in [0.3, 0.4) is 0 Å². The molecule has 0 amide bonds. The smallest absolute Gasteiger partial charge is 0.314 e. The van der Waals surface area contributed by atoms with E-state index in [0.29, 0.717) is 13.0 Å². The van der Waals surface area contributed by atoms with E-state index in [4.69, 9.17) is 4.74 Å². The SMILES string of the molecule is CCC(C(=O)O)(c1ccccc1)C(C)COC. The van der Waals surface area contributed by atoms with Crippen molar-refractivity contribution in [2.75, 3.05) is 13.7 Å². The summed E-state index contributed by atoms with van der Waals surface area (Å²) < 4.78 is 5.12. The first-order chi connectivity index (χ1) is 8.09. The lowest BCUT2D eigenvalue weighted by molar-refractivity contribution is -0.147. The van der Waals surface area contributed by atoms with E-state index >= 15 is 0 Å². The Hall–Kier alpha value is -1.35. The maximum absolute atomic E-state index is 11.7. The third-order valence-corrected chi connectivity index (χ3v) is 3.49. The molecule has 3 heteroatoms. The van der Waals surface area contributed by atoms with Crippen LogP contribution in [0, 0.1) is 5.92 Å². The molecule has 2 unspecified atom stereocenters. The van der Waals surface area contributed by atoms with E-state index in [0.717, 1.165) is 5.56 Å². The highest BCUT2D eigenvalue weighted by molar-refractivity contribution is 5.81. The Labute approximate surface area is 102 Å². The Morgan fingerprint density at radius 2 is 2.00 bits per heavy atom. The molecule has 0 aromatic heterocycles. The van der Waals surface area contributed by atoms with E-state index in [1.807, 2.05) is 44.2 Å². The van der Waals surface area contributed by atoms with Crippen molar-refractivity contribution in [1.82, 2.24) is 0 Å². The van der Waals surface area contributed by atoms with Gasteiger partial charge in [-0.1, -0.05) is 44.2 Å². The van der Waals surface area contributed by atoms with Crippen LogP contribution in [0.4, 0.5) is 0 Å². The topological polar surface area (TPSA) is 46.5 Å². The van der Waals surface area contributed by atoms with Crippen LogP contribution in [0.2, 0.25) is 0 Å². The summed E-state index contributed by atoms with van der Waals surface area (Å²) in [5, 5.41) is 9.62. The summed E-state index contributed by atoms with van der Waals surface area (Å²) in [4.78, 5) is 11.7. The monoisotopic (exact) mass is 236 g/mol. The second kappa shape index (κ2) is 5.82. The normalized spacial score (nSPS) is 16.2. The van der Waals surface area contributed by atoms with Gasteiger partial charge in [0.2, 0.25) is 0 Å². The van der Waals surface area contributed by atoms with Crippen molar-refractivity contribution in [1.29, 1.82) is 0 Å². The molecule has 1 aromatic rings.